The Morgan fingerprint density at radius 2 is 1.09 bits per heavy atom. The van der Waals surface area contributed by atoms with Crippen molar-refractivity contribution >= 4 is 23.0 Å². The van der Waals surface area contributed by atoms with Gasteiger partial charge < -0.3 is 0 Å². The van der Waals surface area contributed by atoms with Crippen molar-refractivity contribution in [2.24, 2.45) is 0 Å². The van der Waals surface area contributed by atoms with Gasteiger partial charge in [0.25, 0.3) is 0 Å². The summed E-state index contributed by atoms with van der Waals surface area (Å²) in [5.41, 5.74) is 4.35. The van der Waals surface area contributed by atoms with Crippen LogP contribution in [0.3, 0.4) is 0 Å². The molecule has 0 aliphatic rings. The van der Waals surface area contributed by atoms with Gasteiger partial charge in [0.2, 0.25) is 0 Å². The molecule has 0 fully saturated rings. The molecule has 2 aromatic rings. The van der Waals surface area contributed by atoms with E-state index in [1.165, 1.54) is 0 Å². The van der Waals surface area contributed by atoms with Crippen molar-refractivity contribution < 1.29 is 4.21 Å². The maximum Gasteiger partial charge on any atom is 0.0575 e. The van der Waals surface area contributed by atoms with Crippen LogP contribution in [0.15, 0.2) is 61.7 Å². The van der Waals surface area contributed by atoms with Gasteiger partial charge in [-0.3, -0.25) is 4.21 Å². The van der Waals surface area contributed by atoms with Crippen LogP contribution in [0.25, 0.3) is 12.2 Å². The predicted octanol–water partition coefficient (Wildman–Crippen LogP) is 5.54. The van der Waals surface area contributed by atoms with Gasteiger partial charge in [-0.05, 0) is 36.1 Å². The molecule has 0 radical (unpaired) electrons. The lowest BCUT2D eigenvalue weighted by Crippen LogP contribution is -2.10. The SMILES string of the molecule is C=Cc1ccc(C(C)S(=O)C(C)c2ccc(C=C)cc2)cc1. The van der Waals surface area contributed by atoms with Crippen molar-refractivity contribution in [1.29, 1.82) is 0 Å². The summed E-state index contributed by atoms with van der Waals surface area (Å²) in [4.78, 5) is 0. The molecule has 2 aromatic carbocycles. The third kappa shape index (κ3) is 3.63. The minimum absolute atomic E-state index is 0.00653. The molecule has 0 amide bonds. The quantitative estimate of drug-likeness (QED) is 0.684. The van der Waals surface area contributed by atoms with Crippen LogP contribution in [0, 0.1) is 0 Å². The second-order valence-corrected chi connectivity index (χ2v) is 7.43. The lowest BCUT2D eigenvalue weighted by Gasteiger charge is -2.18. The third-order valence-corrected chi connectivity index (χ3v) is 5.92. The van der Waals surface area contributed by atoms with E-state index >= 15 is 0 Å². The van der Waals surface area contributed by atoms with Gasteiger partial charge in [-0.2, -0.15) is 0 Å². The van der Waals surface area contributed by atoms with Crippen LogP contribution in [-0.2, 0) is 10.8 Å². The molecule has 0 bridgehead atoms. The van der Waals surface area contributed by atoms with E-state index in [2.05, 4.69) is 13.2 Å². The molecule has 114 valence electrons. The first-order valence-electron chi connectivity index (χ1n) is 7.41. The van der Waals surface area contributed by atoms with Gasteiger partial charge >= 0.3 is 0 Å². The average Bonchev–Trinajstić information content (AvgIpc) is 2.60. The van der Waals surface area contributed by atoms with Crippen LogP contribution in [0.4, 0.5) is 0 Å². The van der Waals surface area contributed by atoms with E-state index < -0.39 is 10.8 Å². The highest BCUT2D eigenvalue weighted by molar-refractivity contribution is 7.85. The first-order valence-corrected chi connectivity index (χ1v) is 8.68. The van der Waals surface area contributed by atoms with E-state index in [9.17, 15) is 4.21 Å². The predicted molar refractivity (Wildman–Crippen MR) is 98.0 cm³/mol. The van der Waals surface area contributed by atoms with Crippen molar-refractivity contribution in [3.05, 3.63) is 83.9 Å². The fourth-order valence-electron chi connectivity index (χ4n) is 2.38. The number of rotatable bonds is 6. The Hall–Kier alpha value is -1.93. The summed E-state index contributed by atoms with van der Waals surface area (Å²) in [5.74, 6) is 0. The van der Waals surface area contributed by atoms with Gasteiger partial charge in [-0.25, -0.2) is 0 Å². The van der Waals surface area contributed by atoms with E-state index in [4.69, 9.17) is 0 Å². The highest BCUT2D eigenvalue weighted by atomic mass is 32.2. The minimum atomic E-state index is -0.980. The zero-order valence-corrected chi connectivity index (χ0v) is 14.0. The molecule has 0 aromatic heterocycles. The fraction of sp³-hybridized carbons (Fsp3) is 0.200. The summed E-state index contributed by atoms with van der Waals surface area (Å²) in [5, 5.41) is -0.0131. The third-order valence-electron chi connectivity index (χ3n) is 3.98. The number of hydrogen-bond donors (Lipinski definition) is 0. The molecule has 2 atom stereocenters. The van der Waals surface area contributed by atoms with Gasteiger partial charge in [0, 0.05) is 10.8 Å². The lowest BCUT2D eigenvalue weighted by atomic mass is 10.1. The normalized spacial score (nSPS) is 14.8. The standard InChI is InChI=1S/C20H22OS/c1-5-17-7-11-19(12-8-17)15(3)22(21)16(4)20-13-9-18(6-2)10-14-20/h5-16H,1-2H2,3-4H3. The molecule has 0 spiro atoms. The summed E-state index contributed by atoms with van der Waals surface area (Å²) in [6.07, 6.45) is 3.63. The molecule has 0 saturated heterocycles. The van der Waals surface area contributed by atoms with Gasteiger partial charge in [-0.15, -0.1) is 0 Å². The van der Waals surface area contributed by atoms with Gasteiger partial charge in [0.1, 0.15) is 0 Å². The summed E-state index contributed by atoms with van der Waals surface area (Å²) < 4.78 is 12.8. The highest BCUT2D eigenvalue weighted by Crippen LogP contribution is 2.30. The van der Waals surface area contributed by atoms with Crippen LogP contribution in [0.2, 0.25) is 0 Å². The summed E-state index contributed by atoms with van der Waals surface area (Å²) >= 11 is 0. The number of benzene rings is 2. The van der Waals surface area contributed by atoms with Crippen molar-refractivity contribution in [3.8, 4) is 0 Å². The van der Waals surface area contributed by atoms with Crippen molar-refractivity contribution in [2.75, 3.05) is 0 Å². The molecule has 2 heteroatoms. The zero-order chi connectivity index (χ0) is 16.1. The Kier molecular flexibility index (Phi) is 5.51. The molecule has 0 heterocycles. The monoisotopic (exact) mass is 310 g/mol. The molecule has 0 saturated carbocycles. The topological polar surface area (TPSA) is 17.1 Å². The Balaban J connectivity index is 2.17. The van der Waals surface area contributed by atoms with E-state index in [0.717, 1.165) is 22.3 Å². The van der Waals surface area contributed by atoms with Crippen LogP contribution < -0.4 is 0 Å². The Bertz CT molecular complexity index is 608. The van der Waals surface area contributed by atoms with Crippen LogP contribution in [-0.4, -0.2) is 4.21 Å². The number of hydrogen-bond acceptors (Lipinski definition) is 1. The van der Waals surface area contributed by atoms with E-state index in [1.54, 1.807) is 0 Å². The van der Waals surface area contributed by atoms with Gasteiger partial charge in [-0.1, -0.05) is 73.8 Å². The van der Waals surface area contributed by atoms with E-state index in [0.29, 0.717) is 0 Å². The maximum atomic E-state index is 12.8. The molecule has 2 unspecified atom stereocenters. The minimum Gasteiger partial charge on any atom is -0.258 e. The molecular formula is C20H22OS. The average molecular weight is 310 g/mol. The van der Waals surface area contributed by atoms with Gasteiger partial charge in [0.15, 0.2) is 0 Å². The Morgan fingerprint density at radius 3 is 1.36 bits per heavy atom. The van der Waals surface area contributed by atoms with Crippen molar-refractivity contribution in [1.82, 2.24) is 0 Å². The molecule has 22 heavy (non-hydrogen) atoms. The first kappa shape index (κ1) is 16.4. The molecule has 0 aliphatic heterocycles. The smallest absolute Gasteiger partial charge is 0.0575 e. The summed E-state index contributed by atoms with van der Waals surface area (Å²) in [6.45, 7) is 11.6. The van der Waals surface area contributed by atoms with Crippen molar-refractivity contribution in [3.63, 3.8) is 0 Å². The molecule has 0 N–H and O–H groups in total. The summed E-state index contributed by atoms with van der Waals surface area (Å²) in [6, 6.07) is 16.2. The lowest BCUT2D eigenvalue weighted by molar-refractivity contribution is 0.668. The van der Waals surface area contributed by atoms with Crippen LogP contribution in [0.5, 0.6) is 0 Å². The molecular weight excluding hydrogens is 288 g/mol. The largest absolute Gasteiger partial charge is 0.258 e. The van der Waals surface area contributed by atoms with Crippen molar-refractivity contribution in [2.45, 2.75) is 24.3 Å². The molecule has 1 nitrogen and oxygen atoms in total. The maximum absolute atomic E-state index is 12.8. The van der Waals surface area contributed by atoms with Crippen LogP contribution >= 0.6 is 0 Å². The van der Waals surface area contributed by atoms with E-state index in [-0.39, 0.29) is 10.5 Å². The second kappa shape index (κ2) is 7.37. The Morgan fingerprint density at radius 1 is 0.773 bits per heavy atom. The van der Waals surface area contributed by atoms with E-state index in [1.807, 2.05) is 74.5 Å². The fourth-order valence-corrected chi connectivity index (χ4v) is 3.84. The molecule has 2 rings (SSSR count). The second-order valence-electron chi connectivity index (χ2n) is 5.35. The van der Waals surface area contributed by atoms with Gasteiger partial charge in [0.05, 0.1) is 10.5 Å². The Labute approximate surface area is 135 Å². The molecule has 0 aliphatic carbocycles. The first-order chi connectivity index (χ1) is 10.6. The summed E-state index contributed by atoms with van der Waals surface area (Å²) in [7, 11) is -0.980. The highest BCUT2D eigenvalue weighted by Gasteiger charge is 2.21. The zero-order valence-electron chi connectivity index (χ0n) is 13.2. The van der Waals surface area contributed by atoms with Crippen LogP contribution in [0.1, 0.15) is 46.6 Å².